The molecule has 18 heavy (non-hydrogen) atoms. The number of fused-ring (bicyclic) bond motifs is 1. The van der Waals surface area contributed by atoms with Crippen molar-refractivity contribution in [3.8, 4) is 0 Å². The monoisotopic (exact) mass is 328 g/mol. The molecule has 1 aromatic carbocycles. The molecule has 0 atom stereocenters. The average molecular weight is 327 g/mol. The van der Waals surface area contributed by atoms with E-state index in [1.165, 1.54) is 14.1 Å². The van der Waals surface area contributed by atoms with E-state index >= 15 is 0 Å². The molecule has 2 aromatic rings. The second-order valence-electron chi connectivity index (χ2n) is 3.86. The molecule has 0 aliphatic carbocycles. The van der Waals surface area contributed by atoms with Gasteiger partial charge >= 0.3 is 118 Å². The van der Waals surface area contributed by atoms with Crippen LogP contribution in [-0.4, -0.2) is 38.6 Å². The molecule has 2 rings (SSSR count). The molecule has 4 heteroatoms. The van der Waals surface area contributed by atoms with E-state index in [4.69, 9.17) is 4.74 Å². The third-order valence-electron chi connectivity index (χ3n) is 2.49. The molecule has 0 saturated carbocycles. The third kappa shape index (κ3) is 3.91. The van der Waals surface area contributed by atoms with Crippen LogP contribution in [0.5, 0.6) is 0 Å². The van der Waals surface area contributed by atoms with Crippen LogP contribution in [0.2, 0.25) is 0 Å². The molecule has 0 spiro atoms. The van der Waals surface area contributed by atoms with Crippen molar-refractivity contribution >= 4 is 41.9 Å². The van der Waals surface area contributed by atoms with Gasteiger partial charge in [0.2, 0.25) is 0 Å². The normalized spacial score (nSPS) is 10.7. The summed E-state index contributed by atoms with van der Waals surface area (Å²) in [6, 6.07) is 10.9. The molecule has 1 aromatic heterocycles. The maximum absolute atomic E-state index is 11.2. The topological polar surface area (TPSA) is 26.3 Å². The molecule has 96 valence electrons. The molecule has 0 amide bonds. The Morgan fingerprint density at radius 1 is 1.39 bits per heavy atom. The first-order valence-electron chi connectivity index (χ1n) is 6.00. The van der Waals surface area contributed by atoms with E-state index in [1.807, 2.05) is 6.92 Å². The Morgan fingerprint density at radius 3 is 3.00 bits per heavy atom. The van der Waals surface area contributed by atoms with Crippen molar-refractivity contribution in [3.05, 3.63) is 34.8 Å². The molecule has 0 bridgehead atoms. The number of rotatable bonds is 6. The van der Waals surface area contributed by atoms with Gasteiger partial charge in [0.1, 0.15) is 0 Å². The van der Waals surface area contributed by atoms with Gasteiger partial charge in [0.05, 0.1) is 0 Å². The summed E-state index contributed by atoms with van der Waals surface area (Å²) in [5, 5.41) is 1.38. The number of ether oxygens (including phenoxy) is 1. The van der Waals surface area contributed by atoms with Crippen LogP contribution in [0.4, 0.5) is 0 Å². The second kappa shape index (κ2) is 7.03. The van der Waals surface area contributed by atoms with Gasteiger partial charge in [-0.3, -0.25) is 0 Å². The van der Waals surface area contributed by atoms with Gasteiger partial charge in [0.25, 0.3) is 0 Å². The fraction of sp³-hybridized carbons (Fsp3) is 0.357. The SMILES string of the molecule is CCOC(=O)CSCCc1cc2ccccc2[se]1. The molecular weight excluding hydrogens is 311 g/mol. The summed E-state index contributed by atoms with van der Waals surface area (Å²) in [7, 11) is 0. The first kappa shape index (κ1) is 13.7. The quantitative estimate of drug-likeness (QED) is 0.464. The minimum atomic E-state index is -0.100. The van der Waals surface area contributed by atoms with Crippen LogP contribution in [0, 0.1) is 0 Å². The number of esters is 1. The fourth-order valence-corrected chi connectivity index (χ4v) is 4.97. The van der Waals surface area contributed by atoms with Crippen LogP contribution in [-0.2, 0) is 16.0 Å². The van der Waals surface area contributed by atoms with Gasteiger partial charge in [0.15, 0.2) is 0 Å². The standard InChI is InChI=1S/C14H16O2SSe/c1-2-16-14(15)10-17-8-7-12-9-11-5-3-4-6-13(11)18-12/h3-6,9H,2,7-8,10H2,1H3. The van der Waals surface area contributed by atoms with Gasteiger partial charge in [-0.2, -0.15) is 0 Å². The van der Waals surface area contributed by atoms with E-state index in [2.05, 4.69) is 30.3 Å². The van der Waals surface area contributed by atoms with Crippen molar-refractivity contribution in [2.45, 2.75) is 13.3 Å². The zero-order valence-electron chi connectivity index (χ0n) is 10.3. The molecule has 2 nitrogen and oxygen atoms in total. The predicted octanol–water partition coefficient (Wildman–Crippen LogP) is 2.74. The minimum absolute atomic E-state index is 0.100. The van der Waals surface area contributed by atoms with E-state index in [-0.39, 0.29) is 5.97 Å². The Hall–Kier alpha value is -0.701. The molecule has 0 aliphatic rings. The zero-order chi connectivity index (χ0) is 12.8. The number of thioether (sulfide) groups is 1. The molecular formula is C14H16O2SSe. The van der Waals surface area contributed by atoms with Gasteiger partial charge in [0, 0.05) is 0 Å². The van der Waals surface area contributed by atoms with Crippen LogP contribution in [0.25, 0.3) is 9.65 Å². The Kier molecular flexibility index (Phi) is 5.36. The summed E-state index contributed by atoms with van der Waals surface area (Å²) in [6.07, 6.45) is 1.08. The number of hydrogen-bond donors (Lipinski definition) is 0. The van der Waals surface area contributed by atoms with Crippen LogP contribution in [0.1, 0.15) is 11.4 Å². The number of aryl methyl sites for hydroxylation is 1. The van der Waals surface area contributed by atoms with E-state index in [0.717, 1.165) is 12.2 Å². The van der Waals surface area contributed by atoms with Crippen molar-refractivity contribution in [2.24, 2.45) is 0 Å². The Bertz CT molecular complexity index is 488. The predicted molar refractivity (Wildman–Crippen MR) is 78.6 cm³/mol. The Morgan fingerprint density at radius 2 is 2.22 bits per heavy atom. The third-order valence-corrected chi connectivity index (χ3v) is 5.89. The van der Waals surface area contributed by atoms with Gasteiger partial charge in [-0.05, 0) is 0 Å². The molecule has 0 fully saturated rings. The number of carbonyl (C=O) groups excluding carboxylic acids is 1. The number of carbonyl (C=O) groups is 1. The Balaban J connectivity index is 1.78. The van der Waals surface area contributed by atoms with Crippen LogP contribution in [0.3, 0.4) is 0 Å². The molecule has 0 aliphatic heterocycles. The molecule has 0 saturated heterocycles. The van der Waals surface area contributed by atoms with Crippen molar-refractivity contribution in [3.63, 3.8) is 0 Å². The summed E-state index contributed by atoms with van der Waals surface area (Å²) >= 11 is 2.15. The van der Waals surface area contributed by atoms with Crippen LogP contribution in [0.15, 0.2) is 30.3 Å². The second-order valence-corrected chi connectivity index (χ2v) is 7.41. The first-order valence-corrected chi connectivity index (χ1v) is 8.87. The van der Waals surface area contributed by atoms with Crippen molar-refractivity contribution in [1.29, 1.82) is 0 Å². The number of hydrogen-bond acceptors (Lipinski definition) is 3. The van der Waals surface area contributed by atoms with E-state index in [1.54, 1.807) is 11.8 Å². The molecule has 0 radical (unpaired) electrons. The average Bonchev–Trinajstić information content (AvgIpc) is 2.77. The molecule has 0 N–H and O–H groups in total. The van der Waals surface area contributed by atoms with Gasteiger partial charge < -0.3 is 0 Å². The molecule has 0 unspecified atom stereocenters. The fourth-order valence-electron chi connectivity index (χ4n) is 1.69. The summed E-state index contributed by atoms with van der Waals surface area (Å²) < 4.78 is 7.90. The summed E-state index contributed by atoms with van der Waals surface area (Å²) in [5.41, 5.74) is 0. The van der Waals surface area contributed by atoms with Crippen molar-refractivity contribution in [2.75, 3.05) is 18.1 Å². The first-order chi connectivity index (χ1) is 8.79. The maximum atomic E-state index is 11.2. The zero-order valence-corrected chi connectivity index (χ0v) is 12.9. The van der Waals surface area contributed by atoms with Crippen molar-refractivity contribution < 1.29 is 9.53 Å². The number of benzene rings is 1. The van der Waals surface area contributed by atoms with Gasteiger partial charge in [-0.1, -0.05) is 0 Å². The Labute approximate surface area is 117 Å². The van der Waals surface area contributed by atoms with Crippen LogP contribution < -0.4 is 0 Å². The summed E-state index contributed by atoms with van der Waals surface area (Å²) in [4.78, 5) is 11.2. The van der Waals surface area contributed by atoms with Gasteiger partial charge in [-0.15, -0.1) is 0 Å². The van der Waals surface area contributed by atoms with E-state index < -0.39 is 0 Å². The van der Waals surface area contributed by atoms with Gasteiger partial charge in [-0.25, -0.2) is 0 Å². The summed E-state index contributed by atoms with van der Waals surface area (Å²) in [6.45, 7) is 2.31. The van der Waals surface area contributed by atoms with Crippen LogP contribution >= 0.6 is 11.8 Å². The van der Waals surface area contributed by atoms with E-state index in [9.17, 15) is 4.79 Å². The molecule has 1 heterocycles. The summed E-state index contributed by atoms with van der Waals surface area (Å²) in [5.74, 6) is 1.37. The van der Waals surface area contributed by atoms with E-state index in [0.29, 0.717) is 26.9 Å². The van der Waals surface area contributed by atoms with Crippen molar-refractivity contribution in [1.82, 2.24) is 0 Å².